The van der Waals surface area contributed by atoms with Crippen LogP contribution in [0.5, 0.6) is 5.75 Å². The van der Waals surface area contributed by atoms with Crippen LogP contribution in [0.1, 0.15) is 39.2 Å². The van der Waals surface area contributed by atoms with Crippen LogP contribution in [0.25, 0.3) is 11.4 Å². The number of carbonyl (C=O) groups is 1. The van der Waals surface area contributed by atoms with Crippen LogP contribution in [-0.2, 0) is 14.6 Å². The topological polar surface area (TPSA) is 147 Å². The smallest absolute Gasteiger partial charge is 0.410 e. The summed E-state index contributed by atoms with van der Waals surface area (Å²) in [5, 5.41) is 12.8. The molecule has 4 rings (SSSR count). The molecule has 1 saturated heterocycles. The number of carbonyl (C=O) groups excluding carboxylic acids is 1. The molecule has 0 radical (unpaired) electrons. The SMILES string of the molecule is CC(C)(C)OC(=O)N1CCC(Oc2ccc(-c3ncnc(Nc4ccc(S(C)(=O)=O)cc4)n3)cc2C#N)CC1. The number of nitrogens with zero attached hydrogens (tertiary/aromatic N) is 5. The Morgan fingerprint density at radius 3 is 2.41 bits per heavy atom. The van der Waals surface area contributed by atoms with E-state index in [9.17, 15) is 18.5 Å². The molecule has 2 heterocycles. The lowest BCUT2D eigenvalue weighted by Gasteiger charge is -2.33. The number of benzene rings is 2. The number of hydrogen-bond acceptors (Lipinski definition) is 10. The Morgan fingerprint density at radius 2 is 1.79 bits per heavy atom. The first kappa shape index (κ1) is 27.8. The maximum atomic E-state index is 12.3. The van der Waals surface area contributed by atoms with Gasteiger partial charge in [-0.25, -0.2) is 23.2 Å². The van der Waals surface area contributed by atoms with Crippen molar-refractivity contribution in [1.29, 1.82) is 5.26 Å². The Balaban J connectivity index is 1.42. The molecule has 0 bridgehead atoms. The summed E-state index contributed by atoms with van der Waals surface area (Å²) < 4.78 is 34.9. The van der Waals surface area contributed by atoms with Crippen LogP contribution in [0.2, 0.25) is 0 Å². The Bertz CT molecular complexity index is 1490. The molecule has 1 aliphatic rings. The van der Waals surface area contributed by atoms with Gasteiger partial charge in [-0.15, -0.1) is 0 Å². The minimum atomic E-state index is -3.29. The molecule has 0 unspecified atom stereocenters. The number of amides is 1. The second-order valence-electron chi connectivity index (χ2n) is 10.2. The van der Waals surface area contributed by atoms with Gasteiger partial charge in [0.15, 0.2) is 15.7 Å². The molecule has 1 aliphatic heterocycles. The summed E-state index contributed by atoms with van der Waals surface area (Å²) >= 11 is 0. The van der Waals surface area contributed by atoms with E-state index in [4.69, 9.17) is 9.47 Å². The maximum absolute atomic E-state index is 12.3. The first-order valence-corrected chi connectivity index (χ1v) is 14.3. The van der Waals surface area contributed by atoms with Crippen LogP contribution in [0, 0.1) is 11.3 Å². The monoisotopic (exact) mass is 550 g/mol. The molecule has 1 N–H and O–H groups in total. The van der Waals surface area contributed by atoms with Crippen molar-refractivity contribution >= 4 is 27.6 Å². The lowest BCUT2D eigenvalue weighted by Crippen LogP contribution is -2.44. The third kappa shape index (κ3) is 7.42. The molecule has 3 aromatic rings. The summed E-state index contributed by atoms with van der Waals surface area (Å²) in [7, 11) is -3.29. The number of hydrogen-bond donors (Lipinski definition) is 1. The fraction of sp³-hybridized carbons (Fsp3) is 0.370. The number of rotatable bonds is 6. The molecule has 2 aromatic carbocycles. The standard InChI is InChI=1S/C27H30N6O5S/c1-27(2,3)38-26(34)33-13-11-21(12-14-33)37-23-10-5-18(15-19(23)16-28)24-29-17-30-25(32-24)31-20-6-8-22(9-7-20)39(4,35)36/h5-10,15,17,21H,11-14H2,1-4H3,(H,29,30,31,32). The van der Waals surface area contributed by atoms with E-state index in [2.05, 4.69) is 26.3 Å². The average molecular weight is 551 g/mol. The Hall–Kier alpha value is -4.24. The fourth-order valence-electron chi connectivity index (χ4n) is 3.93. The van der Waals surface area contributed by atoms with Crippen LogP contribution < -0.4 is 10.1 Å². The van der Waals surface area contributed by atoms with E-state index < -0.39 is 15.4 Å². The molecule has 11 nitrogen and oxygen atoms in total. The number of piperidine rings is 1. The summed E-state index contributed by atoms with van der Waals surface area (Å²) in [6.07, 6.45) is 3.28. The third-order valence-corrected chi connectivity index (χ3v) is 6.98. The average Bonchev–Trinajstić information content (AvgIpc) is 2.88. The number of ether oxygens (including phenoxy) is 2. The molecular formula is C27H30N6O5S. The van der Waals surface area contributed by atoms with Crippen molar-refractivity contribution < 1.29 is 22.7 Å². The van der Waals surface area contributed by atoms with Crippen LogP contribution >= 0.6 is 0 Å². The van der Waals surface area contributed by atoms with E-state index in [0.717, 1.165) is 6.26 Å². The predicted molar refractivity (Wildman–Crippen MR) is 144 cm³/mol. The second kappa shape index (κ2) is 11.2. The summed E-state index contributed by atoms with van der Waals surface area (Å²) in [4.78, 5) is 27.0. The van der Waals surface area contributed by atoms with Gasteiger partial charge in [0.1, 0.15) is 29.9 Å². The predicted octanol–water partition coefficient (Wildman–Crippen LogP) is 4.34. The largest absolute Gasteiger partial charge is 0.489 e. The molecule has 1 amide bonds. The number of likely N-dealkylation sites (tertiary alicyclic amines) is 1. The Labute approximate surface area is 227 Å². The van der Waals surface area contributed by atoms with Gasteiger partial charge in [0, 0.05) is 43.4 Å². The molecule has 0 spiro atoms. The van der Waals surface area contributed by atoms with Gasteiger partial charge in [-0.2, -0.15) is 10.2 Å². The van der Waals surface area contributed by atoms with Crippen molar-refractivity contribution in [2.24, 2.45) is 0 Å². The normalized spacial score (nSPS) is 14.4. The van der Waals surface area contributed by atoms with Gasteiger partial charge in [0.05, 0.1) is 10.5 Å². The third-order valence-electron chi connectivity index (χ3n) is 5.86. The fourth-order valence-corrected chi connectivity index (χ4v) is 4.56. The number of anilines is 2. The summed E-state index contributed by atoms with van der Waals surface area (Å²) in [5.41, 5.74) is 1.01. The maximum Gasteiger partial charge on any atom is 0.410 e. The quantitative estimate of drug-likeness (QED) is 0.470. The summed E-state index contributed by atoms with van der Waals surface area (Å²) in [5.74, 6) is 1.08. The van der Waals surface area contributed by atoms with E-state index in [0.29, 0.717) is 54.3 Å². The van der Waals surface area contributed by atoms with Gasteiger partial charge in [0.2, 0.25) is 5.95 Å². The van der Waals surface area contributed by atoms with Gasteiger partial charge in [-0.1, -0.05) is 0 Å². The van der Waals surface area contributed by atoms with Crippen molar-refractivity contribution in [3.05, 3.63) is 54.4 Å². The highest BCUT2D eigenvalue weighted by molar-refractivity contribution is 7.90. The van der Waals surface area contributed by atoms with Crippen LogP contribution in [0.15, 0.2) is 53.7 Å². The van der Waals surface area contributed by atoms with Gasteiger partial charge in [0.25, 0.3) is 0 Å². The minimum absolute atomic E-state index is 0.135. The van der Waals surface area contributed by atoms with Gasteiger partial charge >= 0.3 is 6.09 Å². The summed E-state index contributed by atoms with van der Waals surface area (Å²) in [6.45, 7) is 6.53. The lowest BCUT2D eigenvalue weighted by molar-refractivity contribution is 0.0126. The Morgan fingerprint density at radius 1 is 1.10 bits per heavy atom. The second-order valence-corrected chi connectivity index (χ2v) is 12.2. The van der Waals surface area contributed by atoms with Gasteiger partial charge < -0.3 is 19.7 Å². The molecule has 1 aromatic heterocycles. The lowest BCUT2D eigenvalue weighted by atomic mass is 10.1. The van der Waals surface area contributed by atoms with Crippen LogP contribution in [0.3, 0.4) is 0 Å². The number of aromatic nitrogens is 3. The minimum Gasteiger partial charge on any atom is -0.489 e. The van der Waals surface area contributed by atoms with E-state index in [-0.39, 0.29) is 23.0 Å². The number of nitriles is 1. The zero-order valence-corrected chi connectivity index (χ0v) is 23.0. The molecule has 0 aliphatic carbocycles. The molecule has 0 atom stereocenters. The molecule has 1 fully saturated rings. The highest BCUT2D eigenvalue weighted by Crippen LogP contribution is 2.28. The zero-order valence-electron chi connectivity index (χ0n) is 22.2. The Kier molecular flexibility index (Phi) is 8.01. The first-order chi connectivity index (χ1) is 18.4. The molecule has 12 heteroatoms. The van der Waals surface area contributed by atoms with E-state index in [1.165, 1.54) is 18.5 Å². The highest BCUT2D eigenvalue weighted by Gasteiger charge is 2.28. The molecular weight excluding hydrogens is 520 g/mol. The van der Waals surface area contributed by atoms with E-state index in [1.807, 2.05) is 20.8 Å². The van der Waals surface area contributed by atoms with Crippen molar-refractivity contribution in [1.82, 2.24) is 19.9 Å². The molecule has 39 heavy (non-hydrogen) atoms. The number of sulfone groups is 1. The first-order valence-electron chi connectivity index (χ1n) is 12.4. The van der Waals surface area contributed by atoms with E-state index >= 15 is 0 Å². The van der Waals surface area contributed by atoms with Crippen molar-refractivity contribution in [2.75, 3.05) is 24.7 Å². The van der Waals surface area contributed by atoms with Crippen molar-refractivity contribution in [3.8, 4) is 23.2 Å². The highest BCUT2D eigenvalue weighted by atomic mass is 32.2. The van der Waals surface area contributed by atoms with Crippen molar-refractivity contribution in [3.63, 3.8) is 0 Å². The van der Waals surface area contributed by atoms with E-state index in [1.54, 1.807) is 35.2 Å². The van der Waals surface area contributed by atoms with Crippen molar-refractivity contribution in [2.45, 2.75) is 50.2 Å². The van der Waals surface area contributed by atoms with Gasteiger partial charge in [-0.05, 0) is 63.2 Å². The number of nitrogens with one attached hydrogen (secondary N) is 1. The van der Waals surface area contributed by atoms with Crippen LogP contribution in [-0.4, -0.2) is 65.4 Å². The summed E-state index contributed by atoms with van der Waals surface area (Å²) in [6, 6.07) is 13.6. The van der Waals surface area contributed by atoms with Gasteiger partial charge in [-0.3, -0.25) is 0 Å². The molecule has 204 valence electrons. The van der Waals surface area contributed by atoms with Crippen LogP contribution in [0.4, 0.5) is 16.4 Å². The zero-order chi connectivity index (χ0) is 28.2. The molecule has 0 saturated carbocycles.